The van der Waals surface area contributed by atoms with Crippen molar-refractivity contribution in [3.05, 3.63) is 34.9 Å². The Morgan fingerprint density at radius 3 is 2.48 bits per heavy atom. The highest BCUT2D eigenvalue weighted by molar-refractivity contribution is 6.30. The third kappa shape index (κ3) is 2.18. The van der Waals surface area contributed by atoms with E-state index in [1.807, 2.05) is 0 Å². The van der Waals surface area contributed by atoms with Gasteiger partial charge in [-0.15, -0.1) is 0 Å². The molecule has 4 heteroatoms. The van der Waals surface area contributed by atoms with Crippen LogP contribution in [0.4, 0.5) is 0 Å². The maximum atomic E-state index is 12.1. The Morgan fingerprint density at radius 1 is 1.29 bits per heavy atom. The Labute approximate surface area is 130 Å². The first-order valence-electron chi connectivity index (χ1n) is 7.47. The molecule has 2 aliphatic carbocycles. The Kier molecular flexibility index (Phi) is 3.36. The zero-order valence-electron chi connectivity index (χ0n) is 12.7. The normalized spacial score (nSPS) is 31.6. The number of hydrogen-bond donors (Lipinski definition) is 1. The third-order valence-electron chi connectivity index (χ3n) is 5.91. The van der Waals surface area contributed by atoms with Crippen LogP contribution in [0.25, 0.3) is 0 Å². The maximum Gasteiger partial charge on any atom is 0.271 e. The molecule has 1 aromatic carbocycles. The molecule has 2 fully saturated rings. The van der Waals surface area contributed by atoms with Crippen molar-refractivity contribution >= 4 is 23.2 Å². The molecule has 21 heavy (non-hydrogen) atoms. The topological polar surface area (TPSA) is 41.5 Å². The van der Waals surface area contributed by atoms with Gasteiger partial charge in [-0.3, -0.25) is 4.79 Å². The molecular weight excluding hydrogens is 284 g/mol. The fraction of sp³-hybridized carbons (Fsp3) is 0.529. The average Bonchev–Trinajstić information content (AvgIpc) is 2.78. The lowest BCUT2D eigenvalue weighted by Gasteiger charge is -2.34. The van der Waals surface area contributed by atoms with Gasteiger partial charge in [0.05, 0.1) is 0 Å². The molecule has 0 radical (unpaired) electrons. The fourth-order valence-electron chi connectivity index (χ4n) is 3.88. The number of hydrazone groups is 1. The van der Waals surface area contributed by atoms with Crippen LogP contribution in [-0.2, 0) is 0 Å². The minimum absolute atomic E-state index is 0.116. The lowest BCUT2D eigenvalue weighted by molar-refractivity contribution is 0.0954. The molecule has 0 aromatic heterocycles. The zero-order valence-corrected chi connectivity index (χ0v) is 13.5. The summed E-state index contributed by atoms with van der Waals surface area (Å²) in [6.45, 7) is 6.94. The second-order valence-corrected chi connectivity index (χ2v) is 7.44. The third-order valence-corrected chi connectivity index (χ3v) is 6.16. The summed E-state index contributed by atoms with van der Waals surface area (Å²) in [7, 11) is 0. The lowest BCUT2D eigenvalue weighted by atomic mass is 9.70. The minimum Gasteiger partial charge on any atom is -0.267 e. The van der Waals surface area contributed by atoms with Crippen molar-refractivity contribution in [1.29, 1.82) is 0 Å². The van der Waals surface area contributed by atoms with Gasteiger partial charge in [0.15, 0.2) is 0 Å². The molecule has 2 aliphatic rings. The van der Waals surface area contributed by atoms with Gasteiger partial charge in [0, 0.05) is 21.7 Å². The number of carbonyl (C=O) groups is 1. The minimum atomic E-state index is -0.177. The number of amides is 1. The van der Waals surface area contributed by atoms with Crippen LogP contribution < -0.4 is 5.43 Å². The van der Waals surface area contributed by atoms with E-state index in [1.165, 1.54) is 12.8 Å². The summed E-state index contributed by atoms with van der Waals surface area (Å²) >= 11 is 5.83. The number of rotatable bonds is 2. The van der Waals surface area contributed by atoms with Gasteiger partial charge >= 0.3 is 0 Å². The highest BCUT2D eigenvalue weighted by atomic mass is 35.5. The molecule has 2 atom stereocenters. The Hall–Kier alpha value is -1.35. The molecule has 1 aromatic rings. The molecule has 2 bridgehead atoms. The van der Waals surface area contributed by atoms with Gasteiger partial charge in [-0.25, -0.2) is 5.43 Å². The van der Waals surface area contributed by atoms with Gasteiger partial charge in [0.1, 0.15) is 0 Å². The van der Waals surface area contributed by atoms with E-state index in [0.717, 1.165) is 12.1 Å². The van der Waals surface area contributed by atoms with Crippen LogP contribution in [0.1, 0.15) is 50.4 Å². The molecule has 0 saturated heterocycles. The Bertz CT molecular complexity index is 606. The van der Waals surface area contributed by atoms with E-state index in [2.05, 4.69) is 31.3 Å². The number of halogens is 1. The van der Waals surface area contributed by atoms with Crippen molar-refractivity contribution in [2.24, 2.45) is 21.8 Å². The number of nitrogens with one attached hydrogen (secondary N) is 1. The molecule has 0 aliphatic heterocycles. The van der Waals surface area contributed by atoms with E-state index < -0.39 is 0 Å². The van der Waals surface area contributed by atoms with Crippen molar-refractivity contribution in [3.8, 4) is 0 Å². The van der Waals surface area contributed by atoms with E-state index >= 15 is 0 Å². The number of fused-ring (bicyclic) bond motifs is 2. The average molecular weight is 305 g/mol. The predicted octanol–water partition coefficient (Wildman–Crippen LogP) is 4.27. The summed E-state index contributed by atoms with van der Waals surface area (Å²) in [6, 6.07) is 6.85. The van der Waals surface area contributed by atoms with Crippen molar-refractivity contribution in [1.82, 2.24) is 5.43 Å². The van der Waals surface area contributed by atoms with Crippen LogP contribution in [0.3, 0.4) is 0 Å². The molecule has 0 heterocycles. The van der Waals surface area contributed by atoms with Crippen LogP contribution in [0.2, 0.25) is 5.02 Å². The highest BCUT2D eigenvalue weighted by Gasteiger charge is 2.59. The summed E-state index contributed by atoms with van der Waals surface area (Å²) in [4.78, 5) is 12.1. The number of benzene rings is 1. The first kappa shape index (κ1) is 14.6. The van der Waals surface area contributed by atoms with Crippen LogP contribution >= 0.6 is 11.6 Å². The molecule has 1 N–H and O–H groups in total. The Morgan fingerprint density at radius 2 is 1.95 bits per heavy atom. The Balaban J connectivity index is 1.76. The SMILES string of the molecule is CC12CCC(C/C1=N/NC(=O)c1ccc(Cl)cc1)C2(C)C. The first-order chi connectivity index (χ1) is 9.84. The molecular formula is C17H21ClN2O. The molecule has 3 nitrogen and oxygen atoms in total. The van der Waals surface area contributed by atoms with E-state index in [1.54, 1.807) is 24.3 Å². The molecule has 1 amide bonds. The summed E-state index contributed by atoms with van der Waals surface area (Å²) in [5.74, 6) is 0.511. The number of nitrogens with zero attached hydrogens (tertiary/aromatic N) is 1. The smallest absolute Gasteiger partial charge is 0.267 e. The van der Waals surface area contributed by atoms with Gasteiger partial charge in [-0.05, 0) is 54.9 Å². The highest BCUT2D eigenvalue weighted by Crippen LogP contribution is 2.63. The van der Waals surface area contributed by atoms with Gasteiger partial charge in [0.25, 0.3) is 5.91 Å². The standard InChI is InChI=1S/C17H21ClN2O/c1-16(2)12-8-9-17(16,3)14(10-12)19-20-15(21)11-4-6-13(18)7-5-11/h4-7,12H,8-10H2,1-3H3,(H,20,21)/b19-14-. The van der Waals surface area contributed by atoms with Crippen molar-refractivity contribution in [3.63, 3.8) is 0 Å². The molecule has 112 valence electrons. The van der Waals surface area contributed by atoms with E-state index in [-0.39, 0.29) is 16.7 Å². The molecule has 0 spiro atoms. The largest absolute Gasteiger partial charge is 0.271 e. The van der Waals surface area contributed by atoms with Gasteiger partial charge in [0.2, 0.25) is 0 Å². The number of carbonyl (C=O) groups excluding carboxylic acids is 1. The zero-order chi connectivity index (χ0) is 15.3. The van der Waals surface area contributed by atoms with E-state index in [0.29, 0.717) is 16.5 Å². The van der Waals surface area contributed by atoms with Crippen molar-refractivity contribution in [2.75, 3.05) is 0 Å². The summed E-state index contributed by atoms with van der Waals surface area (Å²) in [5.41, 5.74) is 4.83. The number of hydrogen-bond acceptors (Lipinski definition) is 2. The quantitative estimate of drug-likeness (QED) is 0.814. The van der Waals surface area contributed by atoms with Crippen molar-refractivity contribution in [2.45, 2.75) is 40.0 Å². The van der Waals surface area contributed by atoms with Gasteiger partial charge < -0.3 is 0 Å². The van der Waals surface area contributed by atoms with Gasteiger partial charge in [-0.1, -0.05) is 32.4 Å². The van der Waals surface area contributed by atoms with Crippen LogP contribution in [0.15, 0.2) is 29.4 Å². The molecule has 3 rings (SSSR count). The first-order valence-corrected chi connectivity index (χ1v) is 7.85. The van der Waals surface area contributed by atoms with E-state index in [9.17, 15) is 4.79 Å². The molecule has 2 unspecified atom stereocenters. The van der Waals surface area contributed by atoms with Crippen LogP contribution in [-0.4, -0.2) is 11.6 Å². The molecule has 2 saturated carbocycles. The summed E-state index contributed by atoms with van der Waals surface area (Å²) < 4.78 is 0. The van der Waals surface area contributed by atoms with Gasteiger partial charge in [-0.2, -0.15) is 5.10 Å². The van der Waals surface area contributed by atoms with Crippen LogP contribution in [0, 0.1) is 16.7 Å². The predicted molar refractivity (Wildman–Crippen MR) is 85.6 cm³/mol. The second kappa shape index (κ2) is 4.84. The van der Waals surface area contributed by atoms with Crippen molar-refractivity contribution < 1.29 is 4.79 Å². The second-order valence-electron chi connectivity index (χ2n) is 7.00. The van der Waals surface area contributed by atoms with E-state index in [4.69, 9.17) is 11.6 Å². The monoisotopic (exact) mass is 304 g/mol. The van der Waals surface area contributed by atoms with Crippen LogP contribution in [0.5, 0.6) is 0 Å². The lowest BCUT2D eigenvalue weighted by Crippen LogP contribution is -2.34. The fourth-order valence-corrected chi connectivity index (χ4v) is 4.01. The summed E-state index contributed by atoms with van der Waals surface area (Å²) in [6.07, 6.45) is 3.44. The summed E-state index contributed by atoms with van der Waals surface area (Å²) in [5, 5.41) is 5.08. The maximum absolute atomic E-state index is 12.1.